The van der Waals surface area contributed by atoms with Crippen LogP contribution in [0.2, 0.25) is 0 Å². The van der Waals surface area contributed by atoms with Crippen LogP contribution >= 0.6 is 12.2 Å². The van der Waals surface area contributed by atoms with Gasteiger partial charge in [0, 0.05) is 29.8 Å². The van der Waals surface area contributed by atoms with Gasteiger partial charge in [-0.25, -0.2) is 0 Å². The third-order valence-corrected chi connectivity index (χ3v) is 6.59. The zero-order valence-corrected chi connectivity index (χ0v) is 20.8. The van der Waals surface area contributed by atoms with Gasteiger partial charge in [-0.15, -0.1) is 0 Å². The summed E-state index contributed by atoms with van der Waals surface area (Å²) in [5.74, 6) is 1.15. The first kappa shape index (κ1) is 24.6. The number of methoxy groups -OCH3 is 2. The van der Waals surface area contributed by atoms with Crippen LogP contribution in [0.25, 0.3) is 5.69 Å². The molecule has 1 aliphatic rings. The predicted octanol–water partition coefficient (Wildman–Crippen LogP) is 6.09. The first-order valence-corrected chi connectivity index (χ1v) is 11.8. The Morgan fingerprint density at radius 3 is 2.49 bits per heavy atom. The van der Waals surface area contributed by atoms with E-state index in [2.05, 4.69) is 10.3 Å². The summed E-state index contributed by atoms with van der Waals surface area (Å²) in [4.78, 5) is 6.45. The normalized spacial score (nSPS) is 17.5. The van der Waals surface area contributed by atoms with Crippen molar-refractivity contribution in [2.75, 3.05) is 19.1 Å². The maximum absolute atomic E-state index is 13.5. The summed E-state index contributed by atoms with van der Waals surface area (Å²) < 4.78 is 53.3. The number of pyridine rings is 1. The van der Waals surface area contributed by atoms with E-state index in [1.807, 2.05) is 35.2 Å². The van der Waals surface area contributed by atoms with Crippen LogP contribution in [0.5, 0.6) is 11.5 Å². The summed E-state index contributed by atoms with van der Waals surface area (Å²) in [6.45, 7) is 0. The second-order valence-corrected chi connectivity index (χ2v) is 8.77. The van der Waals surface area contributed by atoms with Crippen molar-refractivity contribution < 1.29 is 22.6 Å². The second kappa shape index (κ2) is 9.78. The average Bonchev–Trinajstić information content (AvgIpc) is 3.52. The fourth-order valence-corrected chi connectivity index (χ4v) is 4.94. The standard InChI is InChI=1S/C27H23F3N4O2S/c1-35-19-11-12-21(23(16-19)36-2)34-25(24(32-26(34)37)20-9-3-4-13-31-20)22-10-6-14-33(22)18-8-5-7-17(15-18)27(28,29)30/h3-16,24-25H,1-2H3,(H,32,37)/t24-,25-/m1/s1. The van der Waals surface area contributed by atoms with Crippen LogP contribution in [-0.2, 0) is 6.18 Å². The molecule has 0 bridgehead atoms. The molecule has 2 aromatic carbocycles. The molecule has 6 nitrogen and oxygen atoms in total. The van der Waals surface area contributed by atoms with E-state index in [9.17, 15) is 13.2 Å². The van der Waals surface area contributed by atoms with Crippen molar-refractivity contribution in [3.8, 4) is 17.2 Å². The van der Waals surface area contributed by atoms with Gasteiger partial charge in [-0.05, 0) is 66.8 Å². The highest BCUT2D eigenvalue weighted by molar-refractivity contribution is 7.80. The fourth-order valence-electron chi connectivity index (χ4n) is 4.60. The van der Waals surface area contributed by atoms with Gasteiger partial charge in [-0.2, -0.15) is 13.2 Å². The molecule has 1 saturated heterocycles. The topological polar surface area (TPSA) is 51.5 Å². The molecule has 10 heteroatoms. The lowest BCUT2D eigenvalue weighted by Gasteiger charge is -2.30. The molecule has 2 atom stereocenters. The Kier molecular flexibility index (Phi) is 6.51. The number of hydrogen-bond donors (Lipinski definition) is 1. The summed E-state index contributed by atoms with van der Waals surface area (Å²) >= 11 is 5.79. The molecule has 0 unspecified atom stereocenters. The first-order chi connectivity index (χ1) is 17.8. The molecule has 37 heavy (non-hydrogen) atoms. The molecule has 0 aliphatic carbocycles. The molecule has 2 aromatic heterocycles. The van der Waals surface area contributed by atoms with Crippen LogP contribution in [0, 0.1) is 0 Å². The number of nitrogens with one attached hydrogen (secondary N) is 1. The molecule has 1 aliphatic heterocycles. The molecule has 3 heterocycles. The monoisotopic (exact) mass is 524 g/mol. The number of hydrogen-bond acceptors (Lipinski definition) is 4. The minimum absolute atomic E-state index is 0.383. The van der Waals surface area contributed by atoms with Crippen LogP contribution in [0.3, 0.4) is 0 Å². The van der Waals surface area contributed by atoms with Crippen molar-refractivity contribution in [1.82, 2.24) is 14.9 Å². The van der Waals surface area contributed by atoms with Crippen LogP contribution in [0.4, 0.5) is 18.9 Å². The molecule has 1 fully saturated rings. The van der Waals surface area contributed by atoms with Crippen LogP contribution < -0.4 is 19.7 Å². The summed E-state index contributed by atoms with van der Waals surface area (Å²) in [6, 6.07) is 19.1. The van der Waals surface area contributed by atoms with Gasteiger partial charge in [0.1, 0.15) is 17.5 Å². The summed E-state index contributed by atoms with van der Waals surface area (Å²) in [5, 5.41) is 3.80. The number of nitrogens with zero attached hydrogens (tertiary/aromatic N) is 3. The van der Waals surface area contributed by atoms with E-state index >= 15 is 0 Å². The van der Waals surface area contributed by atoms with Gasteiger partial charge in [-0.3, -0.25) is 4.98 Å². The van der Waals surface area contributed by atoms with Gasteiger partial charge >= 0.3 is 6.18 Å². The molecule has 0 saturated carbocycles. The summed E-state index contributed by atoms with van der Waals surface area (Å²) in [6.07, 6.45) is -1.02. The third-order valence-electron chi connectivity index (χ3n) is 6.28. The molecule has 1 N–H and O–H groups in total. The maximum Gasteiger partial charge on any atom is 0.416 e. The SMILES string of the molecule is COc1ccc(N2C(=S)N[C@H](c3ccccn3)[C@H]2c2cccn2-c2cccc(C(F)(F)F)c2)c(OC)c1. The van der Waals surface area contributed by atoms with E-state index < -0.39 is 17.8 Å². The molecule has 0 amide bonds. The first-order valence-electron chi connectivity index (χ1n) is 11.4. The highest BCUT2D eigenvalue weighted by atomic mass is 32.1. The Morgan fingerprint density at radius 2 is 1.78 bits per heavy atom. The van der Waals surface area contributed by atoms with Crippen molar-refractivity contribution in [3.05, 3.63) is 102 Å². The largest absolute Gasteiger partial charge is 0.497 e. The number of halogens is 3. The summed E-state index contributed by atoms with van der Waals surface area (Å²) in [5.41, 5.74) is 1.80. The molecule has 4 aromatic rings. The number of rotatable bonds is 6. The number of ether oxygens (including phenoxy) is 2. The highest BCUT2D eigenvalue weighted by Crippen LogP contribution is 2.46. The number of thiocarbonyl (C=S) groups is 1. The van der Waals surface area contributed by atoms with Crippen molar-refractivity contribution in [1.29, 1.82) is 0 Å². The Bertz CT molecular complexity index is 1420. The van der Waals surface area contributed by atoms with Gasteiger partial charge in [-0.1, -0.05) is 12.1 Å². The van der Waals surface area contributed by atoms with E-state index in [0.717, 1.165) is 23.5 Å². The van der Waals surface area contributed by atoms with E-state index in [-0.39, 0.29) is 6.04 Å². The van der Waals surface area contributed by atoms with Gasteiger partial charge < -0.3 is 24.3 Å². The molecule has 0 radical (unpaired) electrons. The van der Waals surface area contributed by atoms with Crippen molar-refractivity contribution in [2.45, 2.75) is 18.3 Å². The number of anilines is 1. The fraction of sp³-hybridized carbons (Fsp3) is 0.185. The van der Waals surface area contributed by atoms with E-state index in [1.54, 1.807) is 55.4 Å². The van der Waals surface area contributed by atoms with Gasteiger partial charge in [0.25, 0.3) is 0 Å². The quantitative estimate of drug-likeness (QED) is 0.308. The predicted molar refractivity (Wildman–Crippen MR) is 138 cm³/mol. The van der Waals surface area contributed by atoms with Crippen LogP contribution in [-0.4, -0.2) is 28.9 Å². The highest BCUT2D eigenvalue weighted by Gasteiger charge is 2.43. The van der Waals surface area contributed by atoms with Gasteiger partial charge in [0.2, 0.25) is 0 Å². The minimum Gasteiger partial charge on any atom is -0.497 e. The number of alkyl halides is 3. The van der Waals surface area contributed by atoms with Gasteiger partial charge in [0.15, 0.2) is 5.11 Å². The van der Waals surface area contributed by atoms with Gasteiger partial charge in [0.05, 0.1) is 37.2 Å². The lowest BCUT2D eigenvalue weighted by molar-refractivity contribution is -0.137. The Morgan fingerprint density at radius 1 is 0.946 bits per heavy atom. The lowest BCUT2D eigenvalue weighted by atomic mass is 10.0. The number of benzene rings is 2. The second-order valence-electron chi connectivity index (χ2n) is 8.39. The summed E-state index contributed by atoms with van der Waals surface area (Å²) in [7, 11) is 3.12. The molecular weight excluding hydrogens is 501 g/mol. The zero-order chi connectivity index (χ0) is 26.2. The van der Waals surface area contributed by atoms with Crippen molar-refractivity contribution in [3.63, 3.8) is 0 Å². The Hall–Kier alpha value is -4.05. The minimum atomic E-state index is -4.46. The number of aromatic nitrogens is 2. The Labute approximate surface area is 217 Å². The Balaban J connectivity index is 1.68. The van der Waals surface area contributed by atoms with E-state index in [4.69, 9.17) is 21.7 Å². The zero-order valence-electron chi connectivity index (χ0n) is 19.9. The van der Waals surface area contributed by atoms with Crippen LogP contribution in [0.1, 0.15) is 29.0 Å². The third kappa shape index (κ3) is 4.60. The molecule has 5 rings (SSSR count). The van der Waals surface area contributed by atoms with Crippen molar-refractivity contribution in [2.24, 2.45) is 0 Å². The van der Waals surface area contributed by atoms with Crippen molar-refractivity contribution >= 4 is 23.0 Å². The maximum atomic E-state index is 13.5. The average molecular weight is 525 g/mol. The molecular formula is C27H23F3N4O2S. The molecule has 190 valence electrons. The lowest BCUT2D eigenvalue weighted by Crippen LogP contribution is -2.30. The molecule has 0 spiro atoms. The van der Waals surface area contributed by atoms with E-state index in [1.165, 1.54) is 6.07 Å². The smallest absolute Gasteiger partial charge is 0.416 e. The van der Waals surface area contributed by atoms with E-state index in [0.29, 0.717) is 28.0 Å². The van der Waals surface area contributed by atoms with Crippen LogP contribution in [0.15, 0.2) is 85.2 Å².